The van der Waals surface area contributed by atoms with Crippen molar-refractivity contribution in [2.75, 3.05) is 5.73 Å². The molecule has 0 radical (unpaired) electrons. The molecule has 1 aromatic carbocycles. The van der Waals surface area contributed by atoms with E-state index in [1.807, 2.05) is 32.9 Å². The van der Waals surface area contributed by atoms with Crippen LogP contribution in [0.5, 0.6) is 11.8 Å². The Hall–Kier alpha value is -2.17. The Bertz CT molecular complexity index is 584. The molecule has 0 amide bonds. The van der Waals surface area contributed by atoms with Gasteiger partial charge < -0.3 is 10.5 Å². The topological polar surface area (TPSA) is 73.9 Å². The third kappa shape index (κ3) is 2.99. The fourth-order valence-electron chi connectivity index (χ4n) is 1.79. The lowest BCUT2D eigenvalue weighted by molar-refractivity contribution is 0.430. The fraction of sp³-hybridized carbons (Fsp3) is 0.357. The molecule has 0 atom stereocenters. The van der Waals surface area contributed by atoms with E-state index in [0.717, 1.165) is 29.8 Å². The number of aromatic nitrogens is 3. The van der Waals surface area contributed by atoms with Crippen LogP contribution in [0.15, 0.2) is 18.2 Å². The van der Waals surface area contributed by atoms with Crippen LogP contribution in [-0.2, 0) is 12.8 Å². The van der Waals surface area contributed by atoms with Gasteiger partial charge in [0, 0.05) is 0 Å². The van der Waals surface area contributed by atoms with Crippen LogP contribution in [0.4, 0.5) is 5.69 Å². The van der Waals surface area contributed by atoms with Gasteiger partial charge in [0.15, 0.2) is 5.75 Å². The maximum Gasteiger partial charge on any atom is 0.341 e. The molecule has 0 unspecified atom stereocenters. The van der Waals surface area contributed by atoms with E-state index < -0.39 is 0 Å². The molecular weight excluding hydrogens is 240 g/mol. The maximum atomic E-state index is 5.86. The second-order valence-electron chi connectivity index (χ2n) is 4.34. The van der Waals surface area contributed by atoms with E-state index >= 15 is 0 Å². The SMILES string of the molecule is CCc1nnc(Oc2cc(C)ccc2N)nc1CC. The molecule has 0 bridgehead atoms. The molecule has 0 aliphatic heterocycles. The van der Waals surface area contributed by atoms with E-state index in [4.69, 9.17) is 10.5 Å². The second-order valence-corrected chi connectivity index (χ2v) is 4.34. The van der Waals surface area contributed by atoms with Crippen molar-refractivity contribution in [1.82, 2.24) is 15.2 Å². The summed E-state index contributed by atoms with van der Waals surface area (Å²) >= 11 is 0. The second kappa shape index (κ2) is 5.65. The van der Waals surface area contributed by atoms with Gasteiger partial charge in [-0.25, -0.2) is 0 Å². The number of benzene rings is 1. The van der Waals surface area contributed by atoms with Crippen molar-refractivity contribution >= 4 is 5.69 Å². The summed E-state index contributed by atoms with van der Waals surface area (Å²) in [7, 11) is 0. The Morgan fingerprint density at radius 2 is 1.84 bits per heavy atom. The van der Waals surface area contributed by atoms with Gasteiger partial charge in [-0.05, 0) is 37.5 Å². The molecule has 19 heavy (non-hydrogen) atoms. The first-order chi connectivity index (χ1) is 9.13. The van der Waals surface area contributed by atoms with Crippen molar-refractivity contribution in [2.24, 2.45) is 0 Å². The number of rotatable bonds is 4. The first-order valence-electron chi connectivity index (χ1n) is 6.40. The summed E-state index contributed by atoms with van der Waals surface area (Å²) in [6.45, 7) is 6.04. The van der Waals surface area contributed by atoms with Crippen molar-refractivity contribution in [3.05, 3.63) is 35.2 Å². The molecule has 2 rings (SSSR count). The summed E-state index contributed by atoms with van der Waals surface area (Å²) in [4.78, 5) is 4.38. The molecule has 0 saturated heterocycles. The first-order valence-corrected chi connectivity index (χ1v) is 6.40. The highest BCUT2D eigenvalue weighted by molar-refractivity contribution is 5.54. The van der Waals surface area contributed by atoms with Crippen LogP contribution in [-0.4, -0.2) is 15.2 Å². The van der Waals surface area contributed by atoms with Crippen LogP contribution in [0.25, 0.3) is 0 Å². The molecule has 0 saturated carbocycles. The lowest BCUT2D eigenvalue weighted by Gasteiger charge is -2.09. The number of aryl methyl sites for hydroxylation is 3. The summed E-state index contributed by atoms with van der Waals surface area (Å²) in [6.07, 6.45) is 1.62. The minimum absolute atomic E-state index is 0.242. The largest absolute Gasteiger partial charge is 0.421 e. The van der Waals surface area contributed by atoms with Crippen LogP contribution in [0.1, 0.15) is 30.8 Å². The van der Waals surface area contributed by atoms with Crippen molar-refractivity contribution < 1.29 is 4.74 Å². The summed E-state index contributed by atoms with van der Waals surface area (Å²) < 4.78 is 5.62. The van der Waals surface area contributed by atoms with E-state index in [-0.39, 0.29) is 6.01 Å². The highest BCUT2D eigenvalue weighted by Crippen LogP contribution is 2.26. The molecule has 1 heterocycles. The van der Waals surface area contributed by atoms with Crippen molar-refractivity contribution in [3.63, 3.8) is 0 Å². The number of anilines is 1. The van der Waals surface area contributed by atoms with Crippen LogP contribution >= 0.6 is 0 Å². The summed E-state index contributed by atoms with van der Waals surface area (Å²) in [5.74, 6) is 0.563. The number of hydrogen-bond acceptors (Lipinski definition) is 5. The quantitative estimate of drug-likeness (QED) is 0.853. The van der Waals surface area contributed by atoms with Crippen LogP contribution < -0.4 is 10.5 Å². The maximum absolute atomic E-state index is 5.86. The van der Waals surface area contributed by atoms with Gasteiger partial charge in [0.25, 0.3) is 0 Å². The molecule has 1 aromatic heterocycles. The van der Waals surface area contributed by atoms with E-state index in [1.54, 1.807) is 6.07 Å². The number of nitrogens with zero attached hydrogens (tertiary/aromatic N) is 3. The number of nitrogens with two attached hydrogens (primary N) is 1. The van der Waals surface area contributed by atoms with E-state index in [1.165, 1.54) is 0 Å². The highest BCUT2D eigenvalue weighted by Gasteiger charge is 2.09. The standard InChI is InChI=1S/C14H18N4O/c1-4-11-12(5-2)17-18-14(16-11)19-13-8-9(3)6-7-10(13)15/h6-8H,4-5,15H2,1-3H3. The molecular formula is C14H18N4O. The Morgan fingerprint density at radius 1 is 1.11 bits per heavy atom. The Labute approximate surface area is 112 Å². The van der Waals surface area contributed by atoms with Crippen LogP contribution in [0, 0.1) is 6.92 Å². The zero-order valence-corrected chi connectivity index (χ0v) is 11.5. The predicted molar refractivity (Wildman–Crippen MR) is 74.2 cm³/mol. The van der Waals surface area contributed by atoms with Crippen LogP contribution in [0.2, 0.25) is 0 Å². The van der Waals surface area contributed by atoms with Gasteiger partial charge >= 0.3 is 6.01 Å². The molecule has 0 aliphatic rings. The van der Waals surface area contributed by atoms with E-state index in [2.05, 4.69) is 15.2 Å². The lowest BCUT2D eigenvalue weighted by atomic mass is 10.2. The Kier molecular flexibility index (Phi) is 3.94. The summed E-state index contributed by atoms with van der Waals surface area (Å²) in [6, 6.07) is 5.84. The van der Waals surface area contributed by atoms with Gasteiger partial charge in [0.05, 0.1) is 17.1 Å². The summed E-state index contributed by atoms with van der Waals surface area (Å²) in [5.41, 5.74) is 9.32. The fourth-order valence-corrected chi connectivity index (χ4v) is 1.79. The zero-order chi connectivity index (χ0) is 13.8. The summed E-state index contributed by atoms with van der Waals surface area (Å²) in [5, 5.41) is 8.12. The molecule has 5 nitrogen and oxygen atoms in total. The van der Waals surface area contributed by atoms with Gasteiger partial charge in [-0.2, -0.15) is 4.98 Å². The zero-order valence-electron chi connectivity index (χ0n) is 11.5. The van der Waals surface area contributed by atoms with Gasteiger partial charge in [-0.1, -0.05) is 25.0 Å². The molecule has 100 valence electrons. The minimum Gasteiger partial charge on any atom is -0.421 e. The number of nitrogen functional groups attached to an aromatic ring is 1. The molecule has 2 N–H and O–H groups in total. The third-order valence-electron chi connectivity index (χ3n) is 2.86. The monoisotopic (exact) mass is 258 g/mol. The predicted octanol–water partition coefficient (Wildman–Crippen LogP) is 2.68. The Morgan fingerprint density at radius 3 is 2.53 bits per heavy atom. The lowest BCUT2D eigenvalue weighted by Crippen LogP contribution is -2.05. The Balaban J connectivity index is 2.30. The normalized spacial score (nSPS) is 10.5. The first kappa shape index (κ1) is 13.3. The van der Waals surface area contributed by atoms with E-state index in [0.29, 0.717) is 11.4 Å². The third-order valence-corrected chi connectivity index (χ3v) is 2.86. The van der Waals surface area contributed by atoms with Gasteiger partial charge in [-0.3, -0.25) is 0 Å². The molecule has 0 spiro atoms. The average molecular weight is 258 g/mol. The number of ether oxygens (including phenoxy) is 1. The highest BCUT2D eigenvalue weighted by atomic mass is 16.5. The van der Waals surface area contributed by atoms with Crippen molar-refractivity contribution in [1.29, 1.82) is 0 Å². The van der Waals surface area contributed by atoms with Gasteiger partial charge in [0.2, 0.25) is 0 Å². The molecule has 0 fully saturated rings. The molecule has 2 aromatic rings. The van der Waals surface area contributed by atoms with Gasteiger partial charge in [-0.15, -0.1) is 5.10 Å². The van der Waals surface area contributed by atoms with Crippen molar-refractivity contribution in [2.45, 2.75) is 33.6 Å². The smallest absolute Gasteiger partial charge is 0.341 e. The molecule has 5 heteroatoms. The minimum atomic E-state index is 0.242. The van der Waals surface area contributed by atoms with E-state index in [9.17, 15) is 0 Å². The number of hydrogen-bond donors (Lipinski definition) is 1. The average Bonchev–Trinajstić information content (AvgIpc) is 2.42. The van der Waals surface area contributed by atoms with Gasteiger partial charge in [0.1, 0.15) is 0 Å². The van der Waals surface area contributed by atoms with Crippen molar-refractivity contribution in [3.8, 4) is 11.8 Å². The molecule has 0 aliphatic carbocycles. The van der Waals surface area contributed by atoms with Crippen LogP contribution in [0.3, 0.4) is 0 Å².